The van der Waals surface area contributed by atoms with Crippen LogP contribution in [0.25, 0.3) is 0 Å². The number of fused-ring (bicyclic) bond motifs is 1. The minimum atomic E-state index is -0.878. The van der Waals surface area contributed by atoms with E-state index in [1.54, 1.807) is 4.90 Å². The lowest BCUT2D eigenvalue weighted by molar-refractivity contribution is -0.137. The molecule has 1 saturated carbocycles. The molecule has 1 fully saturated rings. The number of aliphatic carboxylic acids is 1. The highest BCUT2D eigenvalue weighted by Gasteiger charge is 2.24. The van der Waals surface area contributed by atoms with Crippen molar-refractivity contribution in [1.82, 2.24) is 5.32 Å². The van der Waals surface area contributed by atoms with E-state index in [0.29, 0.717) is 19.1 Å². The second-order valence-electron chi connectivity index (χ2n) is 8.99. The second-order valence-corrected chi connectivity index (χ2v) is 8.99. The summed E-state index contributed by atoms with van der Waals surface area (Å²) in [6, 6.07) is 12.1. The van der Waals surface area contributed by atoms with Crippen LogP contribution in [-0.4, -0.2) is 36.6 Å². The Morgan fingerprint density at radius 1 is 1.12 bits per heavy atom. The first kappa shape index (κ1) is 23.1. The number of benzene rings is 2. The molecule has 0 spiro atoms. The van der Waals surface area contributed by atoms with Crippen molar-refractivity contribution in [2.75, 3.05) is 30.3 Å². The summed E-state index contributed by atoms with van der Waals surface area (Å²) in [6.45, 7) is 1.48. The number of carboxylic acids is 1. The molecule has 1 amide bonds. The number of carboxylic acid groups (broad SMARTS) is 1. The maximum atomic E-state index is 12.5. The monoisotopic (exact) mass is 451 g/mol. The molecule has 1 aliphatic carbocycles. The molecule has 0 atom stereocenters. The first-order valence-electron chi connectivity index (χ1n) is 11.9. The molecule has 0 bridgehead atoms. The maximum Gasteiger partial charge on any atom is 0.304 e. The molecular formula is C26H33N3O4. The van der Waals surface area contributed by atoms with Gasteiger partial charge in [-0.1, -0.05) is 31.4 Å². The highest BCUT2D eigenvalue weighted by molar-refractivity contribution is 5.96. The van der Waals surface area contributed by atoms with Crippen molar-refractivity contribution in [3.8, 4) is 5.75 Å². The molecule has 1 heterocycles. The number of hydrogen-bond acceptors (Lipinski definition) is 5. The van der Waals surface area contributed by atoms with Gasteiger partial charge in [0.1, 0.15) is 12.4 Å². The van der Waals surface area contributed by atoms with Crippen molar-refractivity contribution >= 4 is 23.3 Å². The number of ether oxygens (including phenoxy) is 1. The number of nitrogens with one attached hydrogen (secondary N) is 1. The number of rotatable bonds is 9. The topological polar surface area (TPSA) is 105 Å². The summed E-state index contributed by atoms with van der Waals surface area (Å²) in [4.78, 5) is 24.8. The molecule has 4 rings (SSSR count). The smallest absolute Gasteiger partial charge is 0.304 e. The van der Waals surface area contributed by atoms with Gasteiger partial charge in [0.05, 0.1) is 13.0 Å². The molecule has 7 heteroatoms. The van der Waals surface area contributed by atoms with E-state index in [2.05, 4.69) is 17.4 Å². The van der Waals surface area contributed by atoms with Crippen LogP contribution in [0.5, 0.6) is 5.75 Å². The fraction of sp³-hybridized carbons (Fsp3) is 0.462. The van der Waals surface area contributed by atoms with E-state index in [-0.39, 0.29) is 25.4 Å². The third kappa shape index (κ3) is 5.85. The number of nitrogens with two attached hydrogens (primary N) is 1. The number of anilines is 2. The Kier molecular flexibility index (Phi) is 7.50. The van der Waals surface area contributed by atoms with Gasteiger partial charge in [0.25, 0.3) is 0 Å². The van der Waals surface area contributed by atoms with Gasteiger partial charge in [-0.05, 0) is 66.1 Å². The van der Waals surface area contributed by atoms with Crippen LogP contribution in [0.1, 0.15) is 61.1 Å². The van der Waals surface area contributed by atoms with Gasteiger partial charge in [-0.25, -0.2) is 0 Å². The van der Waals surface area contributed by atoms with Gasteiger partial charge in [0, 0.05) is 24.5 Å². The Morgan fingerprint density at radius 3 is 2.70 bits per heavy atom. The number of carbonyl (C=O) groups is 2. The number of nitrogen functional groups attached to an aromatic ring is 1. The molecule has 176 valence electrons. The summed E-state index contributed by atoms with van der Waals surface area (Å²) in [7, 11) is 0. The fourth-order valence-electron chi connectivity index (χ4n) is 4.88. The van der Waals surface area contributed by atoms with E-state index in [4.69, 9.17) is 15.6 Å². The van der Waals surface area contributed by atoms with E-state index >= 15 is 0 Å². The lowest BCUT2D eigenvalue weighted by atomic mass is 9.83. The summed E-state index contributed by atoms with van der Waals surface area (Å²) in [6.07, 6.45) is 7.14. The van der Waals surface area contributed by atoms with Gasteiger partial charge in [0.2, 0.25) is 5.91 Å². The fourth-order valence-corrected chi connectivity index (χ4v) is 4.88. The van der Waals surface area contributed by atoms with Crippen molar-refractivity contribution in [2.24, 2.45) is 0 Å². The summed E-state index contributed by atoms with van der Waals surface area (Å²) < 4.78 is 6.03. The summed E-state index contributed by atoms with van der Waals surface area (Å²) in [5, 5.41) is 11.6. The van der Waals surface area contributed by atoms with E-state index in [9.17, 15) is 9.59 Å². The van der Waals surface area contributed by atoms with Gasteiger partial charge in [0.15, 0.2) is 0 Å². The van der Waals surface area contributed by atoms with Gasteiger partial charge < -0.3 is 25.8 Å². The second kappa shape index (κ2) is 10.7. The van der Waals surface area contributed by atoms with Crippen LogP contribution < -0.4 is 20.7 Å². The van der Waals surface area contributed by atoms with Gasteiger partial charge in [-0.2, -0.15) is 0 Å². The van der Waals surface area contributed by atoms with E-state index in [1.807, 2.05) is 24.3 Å². The molecule has 2 aromatic rings. The Labute approximate surface area is 194 Å². The predicted octanol–water partition coefficient (Wildman–Crippen LogP) is 3.85. The van der Waals surface area contributed by atoms with Crippen LogP contribution in [0.3, 0.4) is 0 Å². The largest absolute Gasteiger partial charge is 0.489 e. The van der Waals surface area contributed by atoms with Crippen molar-refractivity contribution in [1.29, 1.82) is 0 Å². The molecule has 33 heavy (non-hydrogen) atoms. The Bertz CT molecular complexity index is 1000. The first-order valence-corrected chi connectivity index (χ1v) is 11.9. The maximum absolute atomic E-state index is 12.5. The van der Waals surface area contributed by atoms with Crippen LogP contribution in [0, 0.1) is 0 Å². The number of amides is 1. The zero-order valence-electron chi connectivity index (χ0n) is 19.0. The standard InChI is InChI=1S/C26H33N3O4/c27-23-14-18(6-8-22(23)19-4-2-1-3-5-19)17-33-21-7-9-24-20(15-21)11-13-29(24)25(30)16-28-12-10-26(31)32/h6-9,14-15,19,28H,1-5,10-13,16-17,27H2,(H,31,32). The molecule has 0 aromatic heterocycles. The molecule has 2 aromatic carbocycles. The van der Waals surface area contributed by atoms with Crippen molar-refractivity contribution in [3.63, 3.8) is 0 Å². The Morgan fingerprint density at radius 2 is 1.94 bits per heavy atom. The van der Waals surface area contributed by atoms with Gasteiger partial charge >= 0.3 is 5.97 Å². The van der Waals surface area contributed by atoms with Crippen LogP contribution in [0.2, 0.25) is 0 Å². The molecule has 0 saturated heterocycles. The molecular weight excluding hydrogens is 418 g/mol. The van der Waals surface area contributed by atoms with Crippen LogP contribution in [0.4, 0.5) is 11.4 Å². The molecule has 1 aliphatic heterocycles. The van der Waals surface area contributed by atoms with Crippen LogP contribution >= 0.6 is 0 Å². The summed E-state index contributed by atoms with van der Waals surface area (Å²) in [5.74, 6) is 0.430. The van der Waals surface area contributed by atoms with Gasteiger partial charge in [-0.15, -0.1) is 0 Å². The summed E-state index contributed by atoms with van der Waals surface area (Å²) in [5.41, 5.74) is 11.5. The zero-order valence-corrected chi connectivity index (χ0v) is 19.0. The molecule has 0 unspecified atom stereocenters. The zero-order chi connectivity index (χ0) is 23.2. The predicted molar refractivity (Wildman–Crippen MR) is 129 cm³/mol. The molecule has 0 radical (unpaired) electrons. The van der Waals surface area contributed by atoms with Gasteiger partial charge in [-0.3, -0.25) is 9.59 Å². The minimum absolute atomic E-state index is 0.000473. The van der Waals surface area contributed by atoms with Crippen molar-refractivity contribution < 1.29 is 19.4 Å². The number of nitrogens with zero attached hydrogens (tertiary/aromatic N) is 1. The average molecular weight is 452 g/mol. The lowest BCUT2D eigenvalue weighted by Gasteiger charge is -2.23. The minimum Gasteiger partial charge on any atom is -0.489 e. The molecule has 2 aliphatic rings. The van der Waals surface area contributed by atoms with Crippen LogP contribution in [-0.2, 0) is 22.6 Å². The number of carbonyl (C=O) groups excluding carboxylic acids is 1. The first-order chi connectivity index (χ1) is 16.0. The quantitative estimate of drug-likeness (QED) is 0.395. The molecule has 7 nitrogen and oxygen atoms in total. The van der Waals surface area contributed by atoms with Crippen molar-refractivity contribution in [3.05, 3.63) is 53.1 Å². The number of hydrogen-bond donors (Lipinski definition) is 3. The van der Waals surface area contributed by atoms with E-state index < -0.39 is 5.97 Å². The lowest BCUT2D eigenvalue weighted by Crippen LogP contribution is -2.37. The SMILES string of the molecule is Nc1cc(COc2ccc3c(c2)CCN3C(=O)CNCCC(=O)O)ccc1C1CCCCC1. The average Bonchev–Trinajstić information content (AvgIpc) is 3.24. The van der Waals surface area contributed by atoms with E-state index in [0.717, 1.165) is 34.7 Å². The van der Waals surface area contributed by atoms with E-state index in [1.165, 1.54) is 37.7 Å². The normalized spacial score (nSPS) is 15.9. The Hall–Kier alpha value is -3.06. The Balaban J connectivity index is 1.32. The third-order valence-electron chi connectivity index (χ3n) is 6.64. The highest BCUT2D eigenvalue weighted by atomic mass is 16.5. The highest BCUT2D eigenvalue weighted by Crippen LogP contribution is 2.36. The van der Waals surface area contributed by atoms with Crippen molar-refractivity contribution in [2.45, 2.75) is 57.5 Å². The summed E-state index contributed by atoms with van der Waals surface area (Å²) >= 11 is 0. The van der Waals surface area contributed by atoms with Crippen LogP contribution in [0.15, 0.2) is 36.4 Å². The third-order valence-corrected chi connectivity index (χ3v) is 6.64. The molecule has 4 N–H and O–H groups in total.